The highest BCUT2D eigenvalue weighted by atomic mass is 16.5. The van der Waals surface area contributed by atoms with Crippen molar-refractivity contribution in [2.24, 2.45) is 0 Å². The van der Waals surface area contributed by atoms with Crippen LogP contribution in [0.25, 0.3) is 0 Å². The van der Waals surface area contributed by atoms with Gasteiger partial charge in [-0.3, -0.25) is 4.79 Å². The Balaban J connectivity index is 1.73. The average Bonchev–Trinajstić information content (AvgIpc) is 2.46. The van der Waals surface area contributed by atoms with E-state index in [1.807, 2.05) is 35.2 Å². The van der Waals surface area contributed by atoms with Gasteiger partial charge >= 0.3 is 0 Å². The zero-order chi connectivity index (χ0) is 13.7. The van der Waals surface area contributed by atoms with Crippen molar-refractivity contribution < 1.29 is 14.6 Å². The summed E-state index contributed by atoms with van der Waals surface area (Å²) in [4.78, 5) is 13.0. The molecule has 0 saturated carbocycles. The van der Waals surface area contributed by atoms with Crippen molar-refractivity contribution in [2.45, 2.75) is 32.0 Å². The molecule has 0 radical (unpaired) electrons. The first kappa shape index (κ1) is 14.0. The van der Waals surface area contributed by atoms with E-state index in [1.54, 1.807) is 6.92 Å². The predicted molar refractivity (Wildman–Crippen MR) is 72.6 cm³/mol. The Labute approximate surface area is 114 Å². The Morgan fingerprint density at radius 1 is 1.37 bits per heavy atom. The molecule has 2 rings (SSSR count). The minimum Gasteiger partial charge on any atom is -0.386 e. The first-order valence-electron chi connectivity index (χ1n) is 6.77. The zero-order valence-corrected chi connectivity index (χ0v) is 11.3. The maximum Gasteiger partial charge on any atom is 0.219 e. The van der Waals surface area contributed by atoms with Crippen LogP contribution in [-0.2, 0) is 9.53 Å². The van der Waals surface area contributed by atoms with E-state index in [0.717, 1.165) is 31.5 Å². The number of ether oxygens (including phenoxy) is 1. The predicted octanol–water partition coefficient (Wildman–Crippen LogP) is 1.75. The standard InChI is InChI=1S/C15H21NO3/c1-12(17)16-9-7-14(8-10-16)19-11-15(18)13-5-3-2-4-6-13/h2-6,14-15,18H,7-11H2,1H3/t15-/m0/s1. The number of aliphatic hydroxyl groups excluding tert-OH is 1. The molecule has 0 aromatic heterocycles. The number of likely N-dealkylation sites (tertiary alicyclic amines) is 1. The molecule has 1 aliphatic rings. The van der Waals surface area contributed by atoms with E-state index in [-0.39, 0.29) is 12.0 Å². The molecule has 1 fully saturated rings. The quantitative estimate of drug-likeness (QED) is 0.900. The summed E-state index contributed by atoms with van der Waals surface area (Å²) in [5, 5.41) is 10.0. The van der Waals surface area contributed by atoms with E-state index in [2.05, 4.69) is 0 Å². The number of rotatable bonds is 4. The van der Waals surface area contributed by atoms with E-state index < -0.39 is 6.10 Å². The summed E-state index contributed by atoms with van der Waals surface area (Å²) in [6.45, 7) is 3.41. The summed E-state index contributed by atoms with van der Waals surface area (Å²) < 4.78 is 5.74. The largest absolute Gasteiger partial charge is 0.386 e. The second-order valence-corrected chi connectivity index (χ2v) is 4.97. The van der Waals surface area contributed by atoms with Crippen LogP contribution in [0.1, 0.15) is 31.4 Å². The van der Waals surface area contributed by atoms with E-state index in [4.69, 9.17) is 4.74 Å². The number of hydrogen-bond acceptors (Lipinski definition) is 3. The first-order chi connectivity index (χ1) is 9.16. The van der Waals surface area contributed by atoms with Crippen LogP contribution < -0.4 is 0 Å². The zero-order valence-electron chi connectivity index (χ0n) is 11.3. The third-order valence-corrected chi connectivity index (χ3v) is 3.56. The van der Waals surface area contributed by atoms with E-state index in [1.165, 1.54) is 0 Å². The molecule has 4 nitrogen and oxygen atoms in total. The Bertz CT molecular complexity index is 399. The molecule has 1 heterocycles. The van der Waals surface area contributed by atoms with Gasteiger partial charge in [0.1, 0.15) is 6.10 Å². The summed E-state index contributed by atoms with van der Waals surface area (Å²) >= 11 is 0. The Kier molecular flexibility index (Phi) is 4.93. The van der Waals surface area contributed by atoms with Gasteiger partial charge in [0.15, 0.2) is 0 Å². The summed E-state index contributed by atoms with van der Waals surface area (Å²) in [5.41, 5.74) is 0.878. The van der Waals surface area contributed by atoms with Crippen LogP contribution in [0.4, 0.5) is 0 Å². The number of piperidine rings is 1. The average molecular weight is 263 g/mol. The maximum atomic E-state index is 11.2. The van der Waals surface area contributed by atoms with Crippen LogP contribution in [0.5, 0.6) is 0 Å². The highest BCUT2D eigenvalue weighted by Crippen LogP contribution is 2.18. The Morgan fingerprint density at radius 3 is 2.58 bits per heavy atom. The second kappa shape index (κ2) is 6.68. The number of carbonyl (C=O) groups excluding carboxylic acids is 1. The number of benzene rings is 1. The number of amides is 1. The Hall–Kier alpha value is -1.39. The van der Waals surface area contributed by atoms with Crippen molar-refractivity contribution in [3.8, 4) is 0 Å². The minimum absolute atomic E-state index is 0.128. The molecule has 1 aromatic rings. The van der Waals surface area contributed by atoms with Crippen LogP contribution in [-0.4, -0.2) is 41.7 Å². The van der Waals surface area contributed by atoms with Crippen LogP contribution in [0.3, 0.4) is 0 Å². The summed E-state index contributed by atoms with van der Waals surface area (Å²) in [7, 11) is 0. The number of carbonyl (C=O) groups is 1. The molecular weight excluding hydrogens is 242 g/mol. The summed E-state index contributed by atoms with van der Waals surface area (Å²) in [5.74, 6) is 0.128. The third kappa shape index (κ3) is 4.04. The molecule has 4 heteroatoms. The Morgan fingerprint density at radius 2 is 2.00 bits per heavy atom. The monoisotopic (exact) mass is 263 g/mol. The van der Waals surface area contributed by atoms with Gasteiger partial charge in [-0.1, -0.05) is 30.3 Å². The van der Waals surface area contributed by atoms with Crippen molar-refractivity contribution in [3.05, 3.63) is 35.9 Å². The number of nitrogens with zero attached hydrogens (tertiary/aromatic N) is 1. The van der Waals surface area contributed by atoms with Gasteiger partial charge in [0.2, 0.25) is 5.91 Å². The topological polar surface area (TPSA) is 49.8 Å². The lowest BCUT2D eigenvalue weighted by Crippen LogP contribution is -2.40. The SMILES string of the molecule is CC(=O)N1CCC(OC[C@H](O)c2ccccc2)CC1. The molecule has 19 heavy (non-hydrogen) atoms. The molecule has 1 aliphatic heterocycles. The molecule has 0 aliphatic carbocycles. The van der Waals surface area contributed by atoms with Gasteiger partial charge in [-0.2, -0.15) is 0 Å². The van der Waals surface area contributed by atoms with Crippen molar-refractivity contribution in [1.82, 2.24) is 4.90 Å². The van der Waals surface area contributed by atoms with E-state index in [9.17, 15) is 9.90 Å². The van der Waals surface area contributed by atoms with E-state index >= 15 is 0 Å². The fraction of sp³-hybridized carbons (Fsp3) is 0.533. The molecular formula is C15H21NO3. The summed E-state index contributed by atoms with van der Waals surface area (Å²) in [6, 6.07) is 9.53. The van der Waals surface area contributed by atoms with Crippen LogP contribution in [0.15, 0.2) is 30.3 Å². The molecule has 104 valence electrons. The lowest BCUT2D eigenvalue weighted by atomic mass is 10.1. The number of hydrogen-bond donors (Lipinski definition) is 1. The van der Waals surface area contributed by atoms with Crippen LogP contribution in [0.2, 0.25) is 0 Å². The highest BCUT2D eigenvalue weighted by molar-refractivity contribution is 5.73. The van der Waals surface area contributed by atoms with Gasteiger partial charge < -0.3 is 14.7 Å². The van der Waals surface area contributed by atoms with E-state index in [0.29, 0.717) is 6.61 Å². The molecule has 1 atom stereocenters. The molecule has 0 unspecified atom stereocenters. The van der Waals surface area contributed by atoms with Crippen molar-refractivity contribution in [2.75, 3.05) is 19.7 Å². The van der Waals surface area contributed by atoms with Gasteiger partial charge in [-0.25, -0.2) is 0 Å². The molecule has 1 N–H and O–H groups in total. The molecule has 1 saturated heterocycles. The van der Waals surface area contributed by atoms with Gasteiger partial charge in [-0.05, 0) is 18.4 Å². The lowest BCUT2D eigenvalue weighted by molar-refractivity contribution is -0.131. The van der Waals surface area contributed by atoms with Crippen molar-refractivity contribution >= 4 is 5.91 Å². The maximum absolute atomic E-state index is 11.2. The fourth-order valence-electron chi connectivity index (χ4n) is 2.34. The van der Waals surface area contributed by atoms with Gasteiger partial charge in [-0.15, -0.1) is 0 Å². The first-order valence-corrected chi connectivity index (χ1v) is 6.77. The molecule has 0 spiro atoms. The minimum atomic E-state index is -0.577. The summed E-state index contributed by atoms with van der Waals surface area (Å²) in [6.07, 6.45) is 1.27. The van der Waals surface area contributed by atoms with Gasteiger partial charge in [0.25, 0.3) is 0 Å². The lowest BCUT2D eigenvalue weighted by Gasteiger charge is -2.31. The fourth-order valence-corrected chi connectivity index (χ4v) is 2.34. The molecule has 0 bridgehead atoms. The molecule has 1 amide bonds. The van der Waals surface area contributed by atoms with Crippen LogP contribution in [0, 0.1) is 0 Å². The highest BCUT2D eigenvalue weighted by Gasteiger charge is 2.21. The van der Waals surface area contributed by atoms with Crippen molar-refractivity contribution in [1.29, 1.82) is 0 Å². The molecule has 1 aromatic carbocycles. The third-order valence-electron chi connectivity index (χ3n) is 3.56. The number of aliphatic hydroxyl groups is 1. The normalized spacial score (nSPS) is 18.3. The van der Waals surface area contributed by atoms with Gasteiger partial charge in [0, 0.05) is 20.0 Å². The van der Waals surface area contributed by atoms with Gasteiger partial charge in [0.05, 0.1) is 12.7 Å². The van der Waals surface area contributed by atoms with Crippen LogP contribution >= 0.6 is 0 Å². The van der Waals surface area contributed by atoms with Crippen molar-refractivity contribution in [3.63, 3.8) is 0 Å². The smallest absolute Gasteiger partial charge is 0.219 e. The second-order valence-electron chi connectivity index (χ2n) is 4.97.